The summed E-state index contributed by atoms with van der Waals surface area (Å²) < 4.78 is 29.6. The van der Waals surface area contributed by atoms with Gasteiger partial charge < -0.3 is 9.64 Å². The quantitative estimate of drug-likeness (QED) is 0.783. The van der Waals surface area contributed by atoms with Gasteiger partial charge in [0, 0.05) is 25.7 Å². The standard InChI is InChI=1S/C12H17F2NO/c1-9(2)15(4)10-5-7-11(8-6-10)16-12(3,13)14/h5-9H,1-4H3. The third-order valence-electron chi connectivity index (χ3n) is 2.32. The van der Waals surface area contributed by atoms with Crippen LogP contribution >= 0.6 is 0 Å². The highest BCUT2D eigenvalue weighted by Gasteiger charge is 2.22. The zero-order valence-corrected chi connectivity index (χ0v) is 10.00. The second-order valence-corrected chi connectivity index (χ2v) is 4.11. The van der Waals surface area contributed by atoms with Crippen molar-refractivity contribution in [1.29, 1.82) is 0 Å². The summed E-state index contributed by atoms with van der Waals surface area (Å²) >= 11 is 0. The third-order valence-corrected chi connectivity index (χ3v) is 2.32. The molecule has 0 fully saturated rings. The van der Waals surface area contributed by atoms with Crippen molar-refractivity contribution in [2.24, 2.45) is 0 Å². The van der Waals surface area contributed by atoms with Gasteiger partial charge in [0.25, 0.3) is 0 Å². The third kappa shape index (κ3) is 3.68. The maximum atomic E-state index is 12.6. The molecule has 0 amide bonds. The van der Waals surface area contributed by atoms with Gasteiger partial charge in [-0.1, -0.05) is 0 Å². The average Bonchev–Trinajstić information content (AvgIpc) is 2.15. The van der Waals surface area contributed by atoms with E-state index in [2.05, 4.69) is 18.6 Å². The zero-order chi connectivity index (χ0) is 12.3. The molecule has 0 aliphatic heterocycles. The van der Waals surface area contributed by atoms with E-state index in [0.29, 0.717) is 6.04 Å². The first kappa shape index (κ1) is 12.7. The van der Waals surface area contributed by atoms with E-state index >= 15 is 0 Å². The van der Waals surface area contributed by atoms with Crippen molar-refractivity contribution in [3.8, 4) is 5.75 Å². The molecule has 0 aliphatic carbocycles. The molecule has 2 nitrogen and oxygen atoms in total. The average molecular weight is 229 g/mol. The summed E-state index contributed by atoms with van der Waals surface area (Å²) in [4.78, 5) is 2.05. The minimum absolute atomic E-state index is 0.174. The number of ether oxygens (including phenoxy) is 1. The van der Waals surface area contributed by atoms with E-state index in [9.17, 15) is 8.78 Å². The molecule has 1 aromatic rings. The smallest absolute Gasteiger partial charge is 0.394 e. The summed E-state index contributed by atoms with van der Waals surface area (Å²) in [6, 6.07) is 6.98. The van der Waals surface area contributed by atoms with Gasteiger partial charge in [-0.2, -0.15) is 8.78 Å². The SMILES string of the molecule is CC(C)N(C)c1ccc(OC(C)(F)F)cc1. The summed E-state index contributed by atoms with van der Waals surface area (Å²) in [6.45, 7) is 4.84. The van der Waals surface area contributed by atoms with Crippen LogP contribution in [-0.4, -0.2) is 19.2 Å². The molecule has 0 atom stereocenters. The van der Waals surface area contributed by atoms with Crippen molar-refractivity contribution in [3.05, 3.63) is 24.3 Å². The highest BCUT2D eigenvalue weighted by Crippen LogP contribution is 2.24. The van der Waals surface area contributed by atoms with Gasteiger partial charge in [0.05, 0.1) is 0 Å². The van der Waals surface area contributed by atoms with Gasteiger partial charge in [0.1, 0.15) is 5.75 Å². The van der Waals surface area contributed by atoms with Crippen LogP contribution in [0.5, 0.6) is 5.75 Å². The Labute approximate surface area is 94.8 Å². The molecule has 0 aliphatic rings. The Morgan fingerprint density at radius 2 is 1.69 bits per heavy atom. The van der Waals surface area contributed by atoms with E-state index in [0.717, 1.165) is 12.6 Å². The normalized spacial score (nSPS) is 11.7. The van der Waals surface area contributed by atoms with Crippen LogP contribution in [0.3, 0.4) is 0 Å². The second kappa shape index (κ2) is 4.68. The van der Waals surface area contributed by atoms with Gasteiger partial charge in [-0.3, -0.25) is 0 Å². The summed E-state index contributed by atoms with van der Waals surface area (Å²) in [5, 5.41) is 0. The lowest BCUT2D eigenvalue weighted by Crippen LogP contribution is -2.25. The molecule has 0 bridgehead atoms. The number of hydrogen-bond acceptors (Lipinski definition) is 2. The molecule has 0 unspecified atom stereocenters. The Morgan fingerprint density at radius 3 is 2.06 bits per heavy atom. The molecule has 0 N–H and O–H groups in total. The first-order chi connectivity index (χ1) is 7.29. The van der Waals surface area contributed by atoms with Crippen LogP contribution in [0.2, 0.25) is 0 Å². The first-order valence-corrected chi connectivity index (χ1v) is 5.19. The van der Waals surface area contributed by atoms with Gasteiger partial charge in [-0.25, -0.2) is 0 Å². The molecule has 0 spiro atoms. The molecular formula is C12H17F2NO. The summed E-state index contributed by atoms with van der Waals surface area (Å²) in [5.41, 5.74) is 0.974. The predicted molar refractivity (Wildman–Crippen MR) is 61.2 cm³/mol. The Bertz CT molecular complexity index is 330. The van der Waals surface area contributed by atoms with Crippen molar-refractivity contribution in [1.82, 2.24) is 0 Å². The molecule has 16 heavy (non-hydrogen) atoms. The van der Waals surface area contributed by atoms with E-state index in [4.69, 9.17) is 0 Å². The minimum atomic E-state index is -3.13. The number of benzene rings is 1. The molecule has 4 heteroatoms. The van der Waals surface area contributed by atoms with Crippen LogP contribution in [0.4, 0.5) is 14.5 Å². The molecule has 0 saturated heterocycles. The van der Waals surface area contributed by atoms with E-state index in [1.54, 1.807) is 24.3 Å². The van der Waals surface area contributed by atoms with Gasteiger partial charge in [0.15, 0.2) is 0 Å². The van der Waals surface area contributed by atoms with Crippen LogP contribution < -0.4 is 9.64 Å². The van der Waals surface area contributed by atoms with Crippen molar-refractivity contribution in [3.63, 3.8) is 0 Å². The fraction of sp³-hybridized carbons (Fsp3) is 0.500. The molecule has 1 aromatic carbocycles. The van der Waals surface area contributed by atoms with Crippen LogP contribution in [0.1, 0.15) is 20.8 Å². The van der Waals surface area contributed by atoms with E-state index in [1.807, 2.05) is 11.9 Å². The predicted octanol–water partition coefficient (Wildman–Crippen LogP) is 3.52. The molecule has 1 rings (SSSR count). The lowest BCUT2D eigenvalue weighted by atomic mass is 10.2. The highest BCUT2D eigenvalue weighted by molar-refractivity contribution is 5.48. The topological polar surface area (TPSA) is 12.5 Å². The molecular weight excluding hydrogens is 212 g/mol. The zero-order valence-electron chi connectivity index (χ0n) is 10.00. The van der Waals surface area contributed by atoms with E-state index in [-0.39, 0.29) is 5.75 Å². The molecule has 90 valence electrons. The number of alkyl halides is 2. The Kier molecular flexibility index (Phi) is 3.73. The van der Waals surface area contributed by atoms with Gasteiger partial charge in [-0.05, 0) is 38.1 Å². The lowest BCUT2D eigenvalue weighted by Gasteiger charge is -2.24. The first-order valence-electron chi connectivity index (χ1n) is 5.19. The van der Waals surface area contributed by atoms with E-state index < -0.39 is 6.11 Å². The van der Waals surface area contributed by atoms with Crippen LogP contribution in [-0.2, 0) is 0 Å². The Balaban J connectivity index is 2.76. The lowest BCUT2D eigenvalue weighted by molar-refractivity contribution is -0.158. The number of anilines is 1. The molecule has 0 radical (unpaired) electrons. The highest BCUT2D eigenvalue weighted by atomic mass is 19.3. The second-order valence-electron chi connectivity index (χ2n) is 4.11. The summed E-state index contributed by atoms with van der Waals surface area (Å²) in [6.07, 6.45) is -3.13. The number of hydrogen-bond donors (Lipinski definition) is 0. The Morgan fingerprint density at radius 1 is 1.19 bits per heavy atom. The fourth-order valence-electron chi connectivity index (χ4n) is 1.25. The number of nitrogens with zero attached hydrogens (tertiary/aromatic N) is 1. The van der Waals surface area contributed by atoms with Crippen LogP contribution in [0.15, 0.2) is 24.3 Å². The number of rotatable bonds is 4. The molecule has 0 heterocycles. The molecule has 0 saturated carbocycles. The van der Waals surface area contributed by atoms with Crippen LogP contribution in [0.25, 0.3) is 0 Å². The maximum absolute atomic E-state index is 12.6. The Hall–Kier alpha value is -1.32. The van der Waals surface area contributed by atoms with Crippen molar-refractivity contribution in [2.45, 2.75) is 32.9 Å². The van der Waals surface area contributed by atoms with Gasteiger partial charge in [-0.15, -0.1) is 0 Å². The van der Waals surface area contributed by atoms with Gasteiger partial charge >= 0.3 is 6.11 Å². The van der Waals surface area contributed by atoms with E-state index in [1.165, 1.54) is 0 Å². The largest absolute Gasteiger partial charge is 0.433 e. The summed E-state index contributed by atoms with van der Waals surface area (Å²) in [7, 11) is 1.95. The maximum Gasteiger partial charge on any atom is 0.394 e. The van der Waals surface area contributed by atoms with Crippen molar-refractivity contribution >= 4 is 5.69 Å². The van der Waals surface area contributed by atoms with Crippen molar-refractivity contribution < 1.29 is 13.5 Å². The minimum Gasteiger partial charge on any atom is -0.433 e. The fourth-order valence-corrected chi connectivity index (χ4v) is 1.25. The van der Waals surface area contributed by atoms with Crippen LogP contribution in [0, 0.1) is 0 Å². The number of halogens is 2. The monoisotopic (exact) mass is 229 g/mol. The van der Waals surface area contributed by atoms with Gasteiger partial charge in [0.2, 0.25) is 0 Å². The molecule has 0 aromatic heterocycles. The van der Waals surface area contributed by atoms with Crippen molar-refractivity contribution in [2.75, 3.05) is 11.9 Å². The summed E-state index contributed by atoms with van der Waals surface area (Å²) in [5.74, 6) is 0.174.